The third-order valence-electron chi connectivity index (χ3n) is 3.84. The van der Waals surface area contributed by atoms with Crippen LogP contribution in [0, 0.1) is 11.8 Å². The van der Waals surface area contributed by atoms with Crippen molar-refractivity contribution in [3.63, 3.8) is 0 Å². The highest BCUT2D eigenvalue weighted by atomic mass is 79.9. The van der Waals surface area contributed by atoms with Crippen LogP contribution in [-0.2, 0) is 0 Å². The smallest absolute Gasteiger partial charge is 0.255 e. The van der Waals surface area contributed by atoms with Crippen molar-refractivity contribution in [1.82, 2.24) is 10.2 Å². The molecule has 2 saturated heterocycles. The molecule has 1 aromatic rings. The molecule has 2 fully saturated rings. The molecule has 0 bridgehead atoms. The molecule has 2 atom stereocenters. The first-order valence-corrected chi connectivity index (χ1v) is 7.27. The summed E-state index contributed by atoms with van der Waals surface area (Å²) in [6.07, 6.45) is 0. The monoisotopic (exact) mass is 328 g/mol. The van der Waals surface area contributed by atoms with Crippen LogP contribution >= 0.6 is 27.5 Å². The van der Waals surface area contributed by atoms with Crippen molar-refractivity contribution in [3.05, 3.63) is 33.3 Å². The molecule has 3 nitrogen and oxygen atoms in total. The molecule has 1 aromatic carbocycles. The molecule has 5 heteroatoms. The zero-order valence-electron chi connectivity index (χ0n) is 9.83. The highest BCUT2D eigenvalue weighted by Crippen LogP contribution is 2.29. The van der Waals surface area contributed by atoms with E-state index < -0.39 is 0 Å². The van der Waals surface area contributed by atoms with Gasteiger partial charge in [-0.3, -0.25) is 4.79 Å². The van der Waals surface area contributed by atoms with Gasteiger partial charge in [0.05, 0.1) is 5.56 Å². The third-order valence-corrected chi connectivity index (χ3v) is 4.76. The maximum Gasteiger partial charge on any atom is 0.255 e. The van der Waals surface area contributed by atoms with Gasteiger partial charge in [-0.15, -0.1) is 0 Å². The van der Waals surface area contributed by atoms with Gasteiger partial charge in [-0.2, -0.15) is 0 Å². The fraction of sp³-hybridized carbons (Fsp3) is 0.462. The molecule has 1 amide bonds. The van der Waals surface area contributed by atoms with Gasteiger partial charge in [-0.25, -0.2) is 0 Å². The first kappa shape index (κ1) is 12.5. The number of hydrogen-bond donors (Lipinski definition) is 1. The molecule has 3 rings (SSSR count). The van der Waals surface area contributed by atoms with Crippen molar-refractivity contribution in [2.24, 2.45) is 11.8 Å². The van der Waals surface area contributed by atoms with E-state index in [4.69, 9.17) is 11.6 Å². The van der Waals surface area contributed by atoms with E-state index in [9.17, 15) is 4.79 Å². The minimum atomic E-state index is 0.0822. The van der Waals surface area contributed by atoms with E-state index >= 15 is 0 Å². The van der Waals surface area contributed by atoms with Crippen molar-refractivity contribution in [1.29, 1.82) is 0 Å². The summed E-state index contributed by atoms with van der Waals surface area (Å²) in [5.41, 5.74) is 0.662. The SMILES string of the molecule is O=C(c1cc(Cl)ccc1Br)N1CC2CNCC2C1. The van der Waals surface area contributed by atoms with E-state index in [0.717, 1.165) is 30.7 Å². The lowest BCUT2D eigenvalue weighted by Crippen LogP contribution is -2.32. The number of rotatable bonds is 1. The van der Waals surface area contributed by atoms with Crippen LogP contribution in [0.1, 0.15) is 10.4 Å². The number of benzene rings is 1. The fourth-order valence-corrected chi connectivity index (χ4v) is 3.44. The maximum atomic E-state index is 12.5. The Bertz CT molecular complexity index is 482. The summed E-state index contributed by atoms with van der Waals surface area (Å²) in [5, 5.41) is 3.98. The maximum absolute atomic E-state index is 12.5. The van der Waals surface area contributed by atoms with Crippen molar-refractivity contribution < 1.29 is 4.79 Å². The Morgan fingerprint density at radius 2 is 2.00 bits per heavy atom. The number of carbonyl (C=O) groups excluding carboxylic acids is 1. The van der Waals surface area contributed by atoms with Gasteiger partial charge < -0.3 is 10.2 Å². The van der Waals surface area contributed by atoms with Gasteiger partial charge in [0.2, 0.25) is 0 Å². The first-order valence-electron chi connectivity index (χ1n) is 6.10. The topological polar surface area (TPSA) is 32.3 Å². The van der Waals surface area contributed by atoms with Gasteiger partial charge >= 0.3 is 0 Å². The lowest BCUT2D eigenvalue weighted by molar-refractivity contribution is 0.0781. The highest BCUT2D eigenvalue weighted by molar-refractivity contribution is 9.10. The van der Waals surface area contributed by atoms with Crippen LogP contribution in [0.15, 0.2) is 22.7 Å². The van der Waals surface area contributed by atoms with Crippen LogP contribution in [-0.4, -0.2) is 37.0 Å². The molecule has 0 radical (unpaired) electrons. The predicted molar refractivity (Wildman–Crippen MR) is 74.9 cm³/mol. The molecular formula is C13H14BrClN2O. The number of hydrogen-bond acceptors (Lipinski definition) is 2. The van der Waals surface area contributed by atoms with Gasteiger partial charge in [0.25, 0.3) is 5.91 Å². The van der Waals surface area contributed by atoms with E-state index in [1.165, 1.54) is 0 Å². The first-order chi connectivity index (χ1) is 8.65. The molecule has 2 aliphatic rings. The van der Waals surface area contributed by atoms with Crippen LogP contribution in [0.2, 0.25) is 5.02 Å². The summed E-state index contributed by atoms with van der Waals surface area (Å²) in [7, 11) is 0. The number of fused-ring (bicyclic) bond motifs is 1. The van der Waals surface area contributed by atoms with E-state index in [0.29, 0.717) is 22.4 Å². The van der Waals surface area contributed by atoms with Gasteiger partial charge in [-0.05, 0) is 46.0 Å². The second kappa shape index (κ2) is 4.83. The van der Waals surface area contributed by atoms with Crippen molar-refractivity contribution >= 4 is 33.4 Å². The highest BCUT2D eigenvalue weighted by Gasteiger charge is 2.38. The van der Waals surface area contributed by atoms with Gasteiger partial charge in [0.1, 0.15) is 0 Å². The summed E-state index contributed by atoms with van der Waals surface area (Å²) in [4.78, 5) is 14.4. The number of amides is 1. The van der Waals surface area contributed by atoms with E-state index in [1.54, 1.807) is 12.1 Å². The Kier molecular flexibility index (Phi) is 3.34. The minimum Gasteiger partial charge on any atom is -0.338 e. The molecule has 2 unspecified atom stereocenters. The average Bonchev–Trinajstić information content (AvgIpc) is 2.91. The summed E-state index contributed by atoms with van der Waals surface area (Å²) in [6.45, 7) is 3.78. The van der Waals surface area contributed by atoms with Crippen LogP contribution in [0.25, 0.3) is 0 Å². The van der Waals surface area contributed by atoms with Crippen LogP contribution in [0.3, 0.4) is 0 Å². The van der Waals surface area contributed by atoms with E-state index in [2.05, 4.69) is 21.2 Å². The molecule has 2 aliphatic heterocycles. The second-order valence-electron chi connectivity index (χ2n) is 5.01. The molecule has 0 spiro atoms. The zero-order valence-corrected chi connectivity index (χ0v) is 12.2. The normalized spacial score (nSPS) is 26.4. The quantitative estimate of drug-likeness (QED) is 0.858. The van der Waals surface area contributed by atoms with Crippen molar-refractivity contribution in [2.45, 2.75) is 0 Å². The molecule has 0 saturated carbocycles. The van der Waals surface area contributed by atoms with Crippen molar-refractivity contribution in [2.75, 3.05) is 26.2 Å². The van der Waals surface area contributed by atoms with Crippen molar-refractivity contribution in [3.8, 4) is 0 Å². The Labute approximate surface area is 120 Å². The van der Waals surface area contributed by atoms with E-state index in [1.807, 2.05) is 11.0 Å². The number of likely N-dealkylation sites (tertiary alicyclic amines) is 1. The Morgan fingerprint density at radius 3 is 2.67 bits per heavy atom. The van der Waals surface area contributed by atoms with Gasteiger partial charge in [0.15, 0.2) is 0 Å². The number of halogens is 2. The Balaban J connectivity index is 1.81. The lowest BCUT2D eigenvalue weighted by Gasteiger charge is -2.18. The molecule has 1 N–H and O–H groups in total. The Morgan fingerprint density at radius 1 is 1.33 bits per heavy atom. The van der Waals surface area contributed by atoms with Crippen LogP contribution in [0.4, 0.5) is 0 Å². The second-order valence-corrected chi connectivity index (χ2v) is 6.30. The predicted octanol–water partition coefficient (Wildman–Crippen LogP) is 2.39. The number of nitrogens with one attached hydrogen (secondary N) is 1. The molecule has 2 heterocycles. The van der Waals surface area contributed by atoms with Crippen LogP contribution in [0.5, 0.6) is 0 Å². The van der Waals surface area contributed by atoms with E-state index in [-0.39, 0.29) is 5.91 Å². The Hall–Kier alpha value is -0.580. The molecule has 18 heavy (non-hydrogen) atoms. The standard InChI is InChI=1S/C13H14BrClN2O/c14-12-2-1-10(15)3-11(12)13(18)17-6-8-4-16-5-9(8)7-17/h1-3,8-9,16H,4-7H2. The lowest BCUT2D eigenvalue weighted by atomic mass is 10.0. The average molecular weight is 330 g/mol. The summed E-state index contributed by atoms with van der Waals surface area (Å²) < 4.78 is 0.812. The fourth-order valence-electron chi connectivity index (χ4n) is 2.85. The number of carbonyl (C=O) groups is 1. The molecule has 0 aromatic heterocycles. The zero-order chi connectivity index (χ0) is 12.7. The third kappa shape index (κ3) is 2.17. The molecule has 96 valence electrons. The van der Waals surface area contributed by atoms with Gasteiger partial charge in [-0.1, -0.05) is 11.6 Å². The van der Waals surface area contributed by atoms with Crippen LogP contribution < -0.4 is 5.32 Å². The summed E-state index contributed by atoms with van der Waals surface area (Å²) >= 11 is 9.38. The molecular weight excluding hydrogens is 316 g/mol. The largest absolute Gasteiger partial charge is 0.338 e. The molecule has 0 aliphatic carbocycles. The summed E-state index contributed by atoms with van der Waals surface area (Å²) in [5.74, 6) is 1.32. The number of nitrogens with zero attached hydrogens (tertiary/aromatic N) is 1. The minimum absolute atomic E-state index is 0.0822. The summed E-state index contributed by atoms with van der Waals surface area (Å²) in [6, 6.07) is 5.35. The van der Waals surface area contributed by atoms with Gasteiger partial charge in [0, 0.05) is 35.7 Å².